The Hall–Kier alpha value is -0.620. The number of sulfone groups is 1. The van der Waals surface area contributed by atoms with E-state index < -0.39 is 9.84 Å². The lowest BCUT2D eigenvalue weighted by atomic mass is 9.97. The molecular weight excluding hydrogens is 459 g/mol. The number of carbonyl (C=O) groups is 1. The smallest absolute Gasteiger partial charge is 0.308 e. The third-order valence-electron chi connectivity index (χ3n) is 4.69. The molecule has 25 heavy (non-hydrogen) atoms. The third-order valence-corrected chi connectivity index (χ3v) is 6.30. The predicted molar refractivity (Wildman–Crippen MR) is 108 cm³/mol. The minimum absolute atomic E-state index is 0. The molecule has 2 aliphatic rings. The molecule has 0 amide bonds. The number of rotatable bonds is 4. The molecule has 0 bridgehead atoms. The zero-order valence-corrected chi connectivity index (χ0v) is 18.1. The van der Waals surface area contributed by atoms with Crippen LogP contribution < -0.4 is 5.32 Å². The molecule has 0 spiro atoms. The van der Waals surface area contributed by atoms with Gasteiger partial charge in [-0.25, -0.2) is 8.42 Å². The number of nitrogens with zero attached hydrogens (tertiary/aromatic N) is 3. The first kappa shape index (κ1) is 22.4. The maximum atomic E-state index is 11.6. The molecule has 2 saturated heterocycles. The molecule has 8 nitrogen and oxygen atoms in total. The summed E-state index contributed by atoms with van der Waals surface area (Å²) in [6.07, 6.45) is 1.55. The summed E-state index contributed by atoms with van der Waals surface area (Å²) in [6.45, 7) is 4.29. The highest BCUT2D eigenvalue weighted by Gasteiger charge is 2.27. The first-order valence-electron chi connectivity index (χ1n) is 8.41. The molecule has 0 aromatic rings. The Morgan fingerprint density at radius 3 is 2.32 bits per heavy atom. The molecule has 0 atom stereocenters. The van der Waals surface area contributed by atoms with Crippen molar-refractivity contribution in [1.82, 2.24) is 15.1 Å². The minimum Gasteiger partial charge on any atom is -0.469 e. The summed E-state index contributed by atoms with van der Waals surface area (Å²) in [6, 6.07) is 0. The summed E-state index contributed by atoms with van der Waals surface area (Å²) in [4.78, 5) is 20.2. The fourth-order valence-electron chi connectivity index (χ4n) is 3.13. The maximum absolute atomic E-state index is 11.6. The summed E-state index contributed by atoms with van der Waals surface area (Å²) >= 11 is 0. The topological polar surface area (TPSA) is 91.3 Å². The molecule has 2 rings (SSSR count). The SMILES string of the molecule is CN=C(NCCN1CCS(=O)(=O)CC1)N1CCC(C(=O)OC)CC1.I. The Balaban J connectivity index is 0.00000312. The molecule has 2 aliphatic heterocycles. The first-order valence-corrected chi connectivity index (χ1v) is 10.2. The number of aliphatic imine (C=N–C) groups is 1. The molecule has 0 radical (unpaired) electrons. The molecule has 1 N–H and O–H groups in total. The van der Waals surface area contributed by atoms with Crippen LogP contribution in [0.5, 0.6) is 0 Å². The number of hydrogen-bond acceptors (Lipinski definition) is 6. The van der Waals surface area contributed by atoms with E-state index in [2.05, 4.69) is 20.1 Å². The van der Waals surface area contributed by atoms with E-state index in [1.54, 1.807) is 7.05 Å². The van der Waals surface area contributed by atoms with E-state index in [0.717, 1.165) is 45.0 Å². The van der Waals surface area contributed by atoms with Gasteiger partial charge in [-0.3, -0.25) is 14.7 Å². The van der Waals surface area contributed by atoms with Crippen LogP contribution >= 0.6 is 24.0 Å². The Morgan fingerprint density at radius 2 is 1.80 bits per heavy atom. The zero-order valence-electron chi connectivity index (χ0n) is 14.9. The molecule has 0 unspecified atom stereocenters. The van der Waals surface area contributed by atoms with Gasteiger partial charge in [-0.05, 0) is 12.8 Å². The summed E-state index contributed by atoms with van der Waals surface area (Å²) in [5.41, 5.74) is 0. The van der Waals surface area contributed by atoms with Crippen molar-refractivity contribution in [3.8, 4) is 0 Å². The quantitative estimate of drug-likeness (QED) is 0.254. The van der Waals surface area contributed by atoms with Crippen LogP contribution in [0.2, 0.25) is 0 Å². The van der Waals surface area contributed by atoms with Gasteiger partial charge in [0.1, 0.15) is 0 Å². The van der Waals surface area contributed by atoms with Crippen LogP contribution in [-0.4, -0.2) is 95.1 Å². The molecule has 0 aliphatic carbocycles. The number of methoxy groups -OCH3 is 1. The lowest BCUT2D eigenvalue weighted by Crippen LogP contribution is -2.49. The number of esters is 1. The second kappa shape index (κ2) is 10.5. The summed E-state index contributed by atoms with van der Waals surface area (Å²) in [5.74, 6) is 1.20. The number of halogens is 1. The van der Waals surface area contributed by atoms with E-state index in [9.17, 15) is 13.2 Å². The lowest BCUT2D eigenvalue weighted by Gasteiger charge is -2.33. The maximum Gasteiger partial charge on any atom is 0.308 e. The molecule has 0 saturated carbocycles. The van der Waals surface area contributed by atoms with Crippen LogP contribution in [0.15, 0.2) is 4.99 Å². The van der Waals surface area contributed by atoms with Crippen molar-refractivity contribution < 1.29 is 17.9 Å². The van der Waals surface area contributed by atoms with Crippen molar-refractivity contribution in [2.45, 2.75) is 12.8 Å². The lowest BCUT2D eigenvalue weighted by molar-refractivity contribution is -0.146. The standard InChI is InChI=1S/C15H28N4O4S.HI/c1-16-15(19-6-3-13(4-7-19)14(20)23-2)17-5-8-18-9-11-24(21,22)12-10-18;/h13H,3-12H2,1-2H3,(H,16,17);1H. The van der Waals surface area contributed by atoms with Gasteiger partial charge in [-0.2, -0.15) is 0 Å². The zero-order chi connectivity index (χ0) is 17.6. The van der Waals surface area contributed by atoms with Crippen LogP contribution in [0.3, 0.4) is 0 Å². The fourth-order valence-corrected chi connectivity index (χ4v) is 4.40. The average molecular weight is 488 g/mol. The van der Waals surface area contributed by atoms with Crippen molar-refractivity contribution in [2.75, 3.05) is 64.9 Å². The van der Waals surface area contributed by atoms with Crippen LogP contribution in [0.4, 0.5) is 0 Å². The van der Waals surface area contributed by atoms with E-state index in [1.165, 1.54) is 7.11 Å². The third kappa shape index (κ3) is 6.89. The van der Waals surface area contributed by atoms with Gasteiger partial charge >= 0.3 is 5.97 Å². The molecule has 2 fully saturated rings. The Kier molecular flexibility index (Phi) is 9.43. The highest BCUT2D eigenvalue weighted by molar-refractivity contribution is 14.0. The number of hydrogen-bond donors (Lipinski definition) is 1. The molecule has 0 aromatic carbocycles. The van der Waals surface area contributed by atoms with Crippen molar-refractivity contribution in [3.05, 3.63) is 0 Å². The van der Waals surface area contributed by atoms with Crippen LogP contribution in [0.25, 0.3) is 0 Å². The van der Waals surface area contributed by atoms with E-state index in [0.29, 0.717) is 13.1 Å². The van der Waals surface area contributed by atoms with Crippen molar-refractivity contribution in [3.63, 3.8) is 0 Å². The van der Waals surface area contributed by atoms with Gasteiger partial charge in [0.2, 0.25) is 0 Å². The van der Waals surface area contributed by atoms with E-state index in [4.69, 9.17) is 4.74 Å². The van der Waals surface area contributed by atoms with Crippen molar-refractivity contribution >= 4 is 45.7 Å². The predicted octanol–water partition coefficient (Wildman–Crippen LogP) is -0.205. The Bertz CT molecular complexity index is 548. The van der Waals surface area contributed by atoms with Gasteiger partial charge in [0, 0.05) is 46.3 Å². The largest absolute Gasteiger partial charge is 0.469 e. The average Bonchev–Trinajstić information content (AvgIpc) is 2.59. The monoisotopic (exact) mass is 488 g/mol. The van der Waals surface area contributed by atoms with Gasteiger partial charge < -0.3 is 15.0 Å². The van der Waals surface area contributed by atoms with Gasteiger partial charge in [0.05, 0.1) is 24.5 Å². The molecular formula is C15H29IN4O4S. The number of carbonyl (C=O) groups excluding carboxylic acids is 1. The number of guanidine groups is 1. The molecule has 10 heteroatoms. The highest BCUT2D eigenvalue weighted by Crippen LogP contribution is 2.18. The first-order chi connectivity index (χ1) is 11.4. The minimum atomic E-state index is -2.83. The van der Waals surface area contributed by atoms with Crippen LogP contribution in [0, 0.1) is 5.92 Å². The second-order valence-electron chi connectivity index (χ2n) is 6.25. The van der Waals surface area contributed by atoms with Crippen molar-refractivity contribution in [1.29, 1.82) is 0 Å². The fraction of sp³-hybridized carbons (Fsp3) is 0.867. The summed E-state index contributed by atoms with van der Waals surface area (Å²) < 4.78 is 27.7. The van der Waals surface area contributed by atoms with E-state index in [1.807, 2.05) is 0 Å². The normalized spacial score (nSPS) is 22.2. The molecule has 2 heterocycles. The number of ether oxygens (including phenoxy) is 1. The molecule has 0 aromatic heterocycles. The van der Waals surface area contributed by atoms with Crippen LogP contribution in [0.1, 0.15) is 12.8 Å². The Labute approximate surface area is 167 Å². The number of likely N-dealkylation sites (tertiary alicyclic amines) is 1. The summed E-state index contributed by atoms with van der Waals surface area (Å²) in [7, 11) is 0.359. The number of piperidine rings is 1. The van der Waals surface area contributed by atoms with Gasteiger partial charge in [0.25, 0.3) is 0 Å². The second-order valence-corrected chi connectivity index (χ2v) is 8.56. The Morgan fingerprint density at radius 1 is 1.20 bits per heavy atom. The van der Waals surface area contributed by atoms with Gasteiger partial charge in [-0.15, -0.1) is 24.0 Å². The highest BCUT2D eigenvalue weighted by atomic mass is 127. The van der Waals surface area contributed by atoms with Crippen LogP contribution in [-0.2, 0) is 19.4 Å². The van der Waals surface area contributed by atoms with E-state index >= 15 is 0 Å². The van der Waals surface area contributed by atoms with Crippen molar-refractivity contribution in [2.24, 2.45) is 10.9 Å². The number of nitrogens with one attached hydrogen (secondary N) is 1. The molecule has 146 valence electrons. The van der Waals surface area contributed by atoms with E-state index in [-0.39, 0.29) is 47.4 Å². The van der Waals surface area contributed by atoms with Gasteiger partial charge in [-0.1, -0.05) is 0 Å². The van der Waals surface area contributed by atoms with Gasteiger partial charge in [0.15, 0.2) is 15.8 Å². The summed E-state index contributed by atoms with van der Waals surface area (Å²) in [5, 5.41) is 3.33.